The molecule has 11 nitrogen and oxygen atoms in total. The highest BCUT2D eigenvalue weighted by Crippen LogP contribution is 2.39. The number of anilines is 2. The molecule has 2 aromatic rings. The van der Waals surface area contributed by atoms with Gasteiger partial charge in [0, 0.05) is 64.0 Å². The van der Waals surface area contributed by atoms with Crippen LogP contribution in [-0.2, 0) is 25.7 Å². The van der Waals surface area contributed by atoms with Crippen molar-refractivity contribution in [1.82, 2.24) is 24.9 Å². The van der Waals surface area contributed by atoms with Crippen LogP contribution in [0.4, 0.5) is 24.7 Å². The second kappa shape index (κ2) is 15.1. The zero-order valence-electron chi connectivity index (χ0n) is 26.8. The van der Waals surface area contributed by atoms with E-state index in [1.54, 1.807) is 30.9 Å². The maximum Gasteiger partial charge on any atom is 0.248 e. The summed E-state index contributed by atoms with van der Waals surface area (Å²) in [5, 5.41) is 9.55. The molecule has 14 heteroatoms. The molecule has 4 rings (SSSR count). The van der Waals surface area contributed by atoms with E-state index in [1.165, 1.54) is 27.9 Å². The summed E-state index contributed by atoms with van der Waals surface area (Å²) < 4.78 is 45.2. The molecule has 2 fully saturated rings. The number of halogens is 3. The minimum atomic E-state index is -2.85. The summed E-state index contributed by atoms with van der Waals surface area (Å²) in [4.78, 5) is 57.1. The summed E-state index contributed by atoms with van der Waals surface area (Å²) in [5.74, 6) is -5.78. The lowest BCUT2D eigenvalue weighted by Gasteiger charge is -2.37. The Bertz CT molecular complexity index is 1390. The number of amides is 4. The Morgan fingerprint density at radius 2 is 1.78 bits per heavy atom. The number of aromatic nitrogens is 2. The minimum absolute atomic E-state index is 0.000819. The number of piperazine rings is 1. The fourth-order valence-corrected chi connectivity index (χ4v) is 6.21. The van der Waals surface area contributed by atoms with E-state index >= 15 is 4.39 Å². The van der Waals surface area contributed by atoms with Crippen LogP contribution in [0, 0.1) is 11.7 Å². The largest absolute Gasteiger partial charge is 0.344 e. The molecule has 252 valence electrons. The van der Waals surface area contributed by atoms with E-state index in [-0.39, 0.29) is 36.8 Å². The van der Waals surface area contributed by atoms with Gasteiger partial charge in [0.1, 0.15) is 23.7 Å². The van der Waals surface area contributed by atoms with Crippen LogP contribution < -0.4 is 15.5 Å². The van der Waals surface area contributed by atoms with Gasteiger partial charge in [-0.25, -0.2) is 17.9 Å². The lowest BCUT2D eigenvalue weighted by atomic mass is 9.81. The Labute approximate surface area is 267 Å². The monoisotopic (exact) mass is 647 g/mol. The normalized spacial score (nSPS) is 19.2. The van der Waals surface area contributed by atoms with Crippen molar-refractivity contribution in [3.63, 3.8) is 0 Å². The van der Waals surface area contributed by atoms with E-state index in [4.69, 9.17) is 0 Å². The van der Waals surface area contributed by atoms with E-state index in [0.717, 1.165) is 0 Å². The predicted molar refractivity (Wildman–Crippen MR) is 167 cm³/mol. The lowest BCUT2D eigenvalue weighted by Crippen LogP contribution is -2.55. The average Bonchev–Trinajstić information content (AvgIpc) is 3.52. The predicted octanol–water partition coefficient (Wildman–Crippen LogP) is 3.61. The van der Waals surface area contributed by atoms with Crippen LogP contribution in [0.1, 0.15) is 64.4 Å². The Hall–Kier alpha value is -3.94. The zero-order chi connectivity index (χ0) is 33.6. The van der Waals surface area contributed by atoms with Gasteiger partial charge in [-0.05, 0) is 50.4 Å². The van der Waals surface area contributed by atoms with Gasteiger partial charge < -0.3 is 20.4 Å². The van der Waals surface area contributed by atoms with Crippen molar-refractivity contribution in [2.24, 2.45) is 5.92 Å². The van der Waals surface area contributed by atoms with Crippen LogP contribution in [0.5, 0.6) is 0 Å². The van der Waals surface area contributed by atoms with Crippen LogP contribution in [0.2, 0.25) is 0 Å². The Morgan fingerprint density at radius 1 is 1.11 bits per heavy atom. The second-order valence-electron chi connectivity index (χ2n) is 12.2. The topological polar surface area (TPSA) is 120 Å². The number of carbonyl (C=O) groups excluding carboxylic acids is 4. The number of rotatable bonds is 12. The Morgan fingerprint density at radius 3 is 2.37 bits per heavy atom. The van der Waals surface area contributed by atoms with Crippen molar-refractivity contribution >= 4 is 35.6 Å². The van der Waals surface area contributed by atoms with Gasteiger partial charge in [-0.1, -0.05) is 19.9 Å². The number of nitrogens with one attached hydrogen (secondary N) is 2. The molecule has 3 atom stereocenters. The number of likely N-dealkylation sites (N-methyl/N-ethyl adjacent to an activating group) is 1. The Kier molecular flexibility index (Phi) is 11.5. The number of carbonyl (C=O) groups is 4. The molecular formula is C32H44F3N7O4. The Balaban J connectivity index is 1.58. The summed E-state index contributed by atoms with van der Waals surface area (Å²) in [6.07, 6.45) is 1.28. The number of hydrogen-bond donors (Lipinski definition) is 2. The molecular weight excluding hydrogens is 603 g/mol. The van der Waals surface area contributed by atoms with E-state index in [9.17, 15) is 28.0 Å². The minimum Gasteiger partial charge on any atom is -0.344 e. The second-order valence-corrected chi connectivity index (χ2v) is 12.2. The third kappa shape index (κ3) is 8.06. The first-order valence-electron chi connectivity index (χ1n) is 15.9. The first-order chi connectivity index (χ1) is 21.9. The van der Waals surface area contributed by atoms with Crippen molar-refractivity contribution < 1.29 is 32.3 Å². The molecule has 0 bridgehead atoms. The highest BCUT2D eigenvalue weighted by Gasteiger charge is 2.43. The quantitative estimate of drug-likeness (QED) is 0.340. The number of hydrogen-bond acceptors (Lipinski definition) is 6. The van der Waals surface area contributed by atoms with Crippen LogP contribution in [-0.4, -0.2) is 94.9 Å². The van der Waals surface area contributed by atoms with Gasteiger partial charge in [0.2, 0.25) is 30.1 Å². The van der Waals surface area contributed by atoms with Crippen LogP contribution >= 0.6 is 0 Å². The van der Waals surface area contributed by atoms with Gasteiger partial charge in [-0.15, -0.1) is 0 Å². The van der Waals surface area contributed by atoms with Crippen LogP contribution in [0.3, 0.4) is 0 Å². The number of nitrogens with zero attached hydrogens (tertiary/aromatic N) is 5. The van der Waals surface area contributed by atoms with Gasteiger partial charge >= 0.3 is 0 Å². The third-order valence-corrected chi connectivity index (χ3v) is 9.14. The molecule has 2 aliphatic rings. The fourth-order valence-electron chi connectivity index (χ4n) is 6.21. The summed E-state index contributed by atoms with van der Waals surface area (Å²) >= 11 is 0. The molecule has 46 heavy (non-hydrogen) atoms. The summed E-state index contributed by atoms with van der Waals surface area (Å²) in [6, 6.07) is 3.60. The van der Waals surface area contributed by atoms with Crippen molar-refractivity contribution in [1.29, 1.82) is 0 Å². The van der Waals surface area contributed by atoms with Gasteiger partial charge in [0.25, 0.3) is 0 Å². The smallest absolute Gasteiger partial charge is 0.248 e. The molecule has 4 amide bonds. The molecule has 1 saturated heterocycles. The van der Waals surface area contributed by atoms with Gasteiger partial charge in [-0.3, -0.25) is 24.1 Å². The maximum atomic E-state index is 15.6. The SMILES string of the molecule is CCC(=O)N[C@@H](C(=O)N1CCN(C)CC1)[C@@H](C)c1ccc(NC(=O)[C@H](C2CCC(F)(F)CC2)N(C=O)c2ccnn2CC)c(F)c1. The van der Waals surface area contributed by atoms with Gasteiger partial charge in [-0.2, -0.15) is 5.10 Å². The molecule has 1 aliphatic carbocycles. The molecule has 0 radical (unpaired) electrons. The molecule has 1 aliphatic heterocycles. The maximum absolute atomic E-state index is 15.6. The number of alkyl halides is 2. The molecule has 2 N–H and O–H groups in total. The van der Waals surface area contributed by atoms with E-state index in [2.05, 4.69) is 20.6 Å². The van der Waals surface area contributed by atoms with E-state index in [1.807, 2.05) is 14.0 Å². The van der Waals surface area contributed by atoms with Crippen molar-refractivity contribution in [2.45, 2.75) is 83.3 Å². The molecule has 2 heterocycles. The summed E-state index contributed by atoms with van der Waals surface area (Å²) in [5.41, 5.74) is 0.272. The fraction of sp³-hybridized carbons (Fsp3) is 0.594. The van der Waals surface area contributed by atoms with E-state index in [0.29, 0.717) is 50.5 Å². The molecule has 1 saturated carbocycles. The zero-order valence-corrected chi connectivity index (χ0v) is 26.8. The van der Waals surface area contributed by atoms with Gasteiger partial charge in [0.15, 0.2) is 0 Å². The van der Waals surface area contributed by atoms with Crippen molar-refractivity contribution in [3.8, 4) is 0 Å². The van der Waals surface area contributed by atoms with Crippen molar-refractivity contribution in [2.75, 3.05) is 43.4 Å². The van der Waals surface area contributed by atoms with E-state index < -0.39 is 54.4 Å². The lowest BCUT2D eigenvalue weighted by molar-refractivity contribution is -0.138. The molecule has 0 unspecified atom stereocenters. The highest BCUT2D eigenvalue weighted by molar-refractivity contribution is 6.00. The number of benzene rings is 1. The number of aryl methyl sites for hydroxylation is 1. The van der Waals surface area contributed by atoms with Crippen molar-refractivity contribution in [3.05, 3.63) is 41.8 Å². The average molecular weight is 648 g/mol. The third-order valence-electron chi connectivity index (χ3n) is 9.14. The van der Waals surface area contributed by atoms with Gasteiger partial charge in [0.05, 0.1) is 11.9 Å². The van der Waals surface area contributed by atoms with Crippen LogP contribution in [0.15, 0.2) is 30.5 Å². The van der Waals surface area contributed by atoms with Crippen LogP contribution in [0.25, 0.3) is 0 Å². The summed E-state index contributed by atoms with van der Waals surface area (Å²) in [7, 11) is 1.97. The molecule has 1 aromatic carbocycles. The highest BCUT2D eigenvalue weighted by atomic mass is 19.3. The standard InChI is InChI=1S/C32H44F3N7O4/c1-5-26(44)38-28(31(46)40-17-15-39(4)16-18-40)21(3)23-7-8-25(24(33)19-23)37-30(45)29(22-9-12-32(34,35)13-10-22)41(20-43)27-11-14-36-42(27)6-2/h7-8,11,14,19-22,28-29H,5-6,9-10,12-13,15-18H2,1-4H3,(H,37,45)(H,38,44)/t21-,28+,29-/m0/s1. The first-order valence-corrected chi connectivity index (χ1v) is 15.9. The first kappa shape index (κ1) is 34.9. The molecule has 1 aromatic heterocycles. The summed E-state index contributed by atoms with van der Waals surface area (Å²) in [6.45, 7) is 8.04. The molecule has 0 spiro atoms.